The van der Waals surface area contributed by atoms with Gasteiger partial charge in [0.05, 0.1) is 13.7 Å². The van der Waals surface area contributed by atoms with E-state index >= 15 is 0 Å². The smallest absolute Gasteiger partial charge is 0.254 e. The lowest BCUT2D eigenvalue weighted by atomic mass is 10.1. The number of aromatic nitrogens is 1. The molecule has 0 N–H and O–H groups in total. The predicted molar refractivity (Wildman–Crippen MR) is 108 cm³/mol. The second kappa shape index (κ2) is 8.95. The van der Waals surface area contributed by atoms with Crippen LogP contribution in [-0.2, 0) is 18.4 Å². The third-order valence-electron chi connectivity index (χ3n) is 5.12. The molecule has 6 heteroatoms. The molecule has 0 aliphatic heterocycles. The fraction of sp³-hybridized carbons (Fsp3) is 0.455. The average Bonchev–Trinajstić information content (AvgIpc) is 3.47. The van der Waals surface area contributed by atoms with Crippen molar-refractivity contribution in [1.29, 1.82) is 0 Å². The number of amides is 2. The highest BCUT2D eigenvalue weighted by Crippen LogP contribution is 2.28. The molecule has 150 valence electrons. The molecule has 1 fully saturated rings. The van der Waals surface area contributed by atoms with Gasteiger partial charge < -0.3 is 19.1 Å². The number of benzene rings is 1. The Hall–Kier alpha value is -2.76. The minimum Gasteiger partial charge on any atom is -0.497 e. The van der Waals surface area contributed by atoms with Crippen LogP contribution in [0.25, 0.3) is 0 Å². The van der Waals surface area contributed by atoms with Gasteiger partial charge in [0.2, 0.25) is 5.91 Å². The Morgan fingerprint density at radius 1 is 1.21 bits per heavy atom. The minimum absolute atomic E-state index is 0.00777. The molecule has 1 aliphatic carbocycles. The molecule has 0 unspecified atom stereocenters. The minimum atomic E-state index is -0.135. The fourth-order valence-electron chi connectivity index (χ4n) is 3.36. The quantitative estimate of drug-likeness (QED) is 0.669. The van der Waals surface area contributed by atoms with E-state index in [-0.39, 0.29) is 24.4 Å². The summed E-state index contributed by atoms with van der Waals surface area (Å²) >= 11 is 0. The highest BCUT2D eigenvalue weighted by molar-refractivity contribution is 5.96. The van der Waals surface area contributed by atoms with E-state index in [1.165, 1.54) is 0 Å². The molecule has 2 aromatic rings. The first kappa shape index (κ1) is 20.0. The van der Waals surface area contributed by atoms with Crippen LogP contribution in [0, 0.1) is 0 Å². The first-order valence-corrected chi connectivity index (χ1v) is 9.86. The van der Waals surface area contributed by atoms with E-state index in [1.54, 1.807) is 36.3 Å². The number of carbonyl (C=O) groups excluding carboxylic acids is 2. The molecule has 1 heterocycles. The maximum Gasteiger partial charge on any atom is 0.254 e. The Bertz CT molecular complexity index is 826. The number of rotatable bonds is 9. The number of hydrogen-bond donors (Lipinski definition) is 0. The normalized spacial score (nSPS) is 13.2. The largest absolute Gasteiger partial charge is 0.497 e. The van der Waals surface area contributed by atoms with Crippen molar-refractivity contribution in [2.45, 2.75) is 38.8 Å². The second-order valence-electron chi connectivity index (χ2n) is 7.32. The van der Waals surface area contributed by atoms with Gasteiger partial charge in [0.1, 0.15) is 12.3 Å². The molecule has 1 aromatic carbocycles. The van der Waals surface area contributed by atoms with E-state index in [0.717, 1.165) is 25.0 Å². The number of hydrogen-bond acceptors (Lipinski definition) is 3. The molecule has 0 saturated heterocycles. The van der Waals surface area contributed by atoms with E-state index in [1.807, 2.05) is 41.8 Å². The van der Waals surface area contributed by atoms with Crippen LogP contribution in [0.5, 0.6) is 5.75 Å². The van der Waals surface area contributed by atoms with Crippen LogP contribution in [0.15, 0.2) is 42.6 Å². The van der Waals surface area contributed by atoms with E-state index < -0.39 is 0 Å². The SMILES string of the molecule is CCCN(CC(=O)N(Cc1cccn1C)C1CC1)C(=O)c1cccc(OC)c1. The fourth-order valence-corrected chi connectivity index (χ4v) is 3.36. The Morgan fingerprint density at radius 2 is 2.00 bits per heavy atom. The van der Waals surface area contributed by atoms with Gasteiger partial charge in [-0.25, -0.2) is 0 Å². The van der Waals surface area contributed by atoms with E-state index in [4.69, 9.17) is 4.74 Å². The van der Waals surface area contributed by atoms with E-state index in [9.17, 15) is 9.59 Å². The Morgan fingerprint density at radius 3 is 2.61 bits per heavy atom. The maximum absolute atomic E-state index is 13.1. The Kier molecular flexibility index (Phi) is 6.39. The van der Waals surface area contributed by atoms with Gasteiger partial charge in [0.25, 0.3) is 5.91 Å². The molecule has 1 saturated carbocycles. The van der Waals surface area contributed by atoms with Crippen LogP contribution in [0.2, 0.25) is 0 Å². The van der Waals surface area contributed by atoms with Crippen molar-refractivity contribution in [2.24, 2.45) is 7.05 Å². The van der Waals surface area contributed by atoms with Crippen LogP contribution < -0.4 is 4.74 Å². The van der Waals surface area contributed by atoms with Gasteiger partial charge in [0.15, 0.2) is 0 Å². The van der Waals surface area contributed by atoms with Crippen molar-refractivity contribution in [1.82, 2.24) is 14.4 Å². The van der Waals surface area contributed by atoms with Crippen molar-refractivity contribution in [3.8, 4) is 5.75 Å². The molecule has 0 atom stereocenters. The number of aryl methyl sites for hydroxylation is 1. The second-order valence-corrected chi connectivity index (χ2v) is 7.32. The van der Waals surface area contributed by atoms with Crippen molar-refractivity contribution in [3.05, 3.63) is 53.9 Å². The third-order valence-corrected chi connectivity index (χ3v) is 5.12. The lowest BCUT2D eigenvalue weighted by Crippen LogP contribution is -2.44. The standard InChI is InChI=1S/C22H29N3O3/c1-4-12-24(22(27)17-7-5-9-20(14-17)28-3)16-21(26)25(18-10-11-18)15-19-8-6-13-23(19)2/h5-9,13-14,18H,4,10-12,15-16H2,1-3H3. The molecular formula is C22H29N3O3. The monoisotopic (exact) mass is 383 g/mol. The van der Waals surface area contributed by atoms with E-state index in [2.05, 4.69) is 0 Å². The zero-order valence-electron chi connectivity index (χ0n) is 16.9. The summed E-state index contributed by atoms with van der Waals surface area (Å²) < 4.78 is 7.26. The maximum atomic E-state index is 13.1. The van der Waals surface area contributed by atoms with Gasteiger partial charge in [-0.2, -0.15) is 0 Å². The topological polar surface area (TPSA) is 54.8 Å². The van der Waals surface area contributed by atoms with E-state index in [0.29, 0.717) is 24.4 Å². The number of methoxy groups -OCH3 is 1. The average molecular weight is 383 g/mol. The summed E-state index contributed by atoms with van der Waals surface area (Å²) in [5.74, 6) is 0.508. The van der Waals surface area contributed by atoms with Gasteiger partial charge >= 0.3 is 0 Å². The van der Waals surface area contributed by atoms with Gasteiger partial charge in [0, 0.05) is 37.1 Å². The lowest BCUT2D eigenvalue weighted by molar-refractivity contribution is -0.133. The van der Waals surface area contributed by atoms with Crippen LogP contribution in [0.1, 0.15) is 42.2 Å². The molecule has 0 radical (unpaired) electrons. The summed E-state index contributed by atoms with van der Waals surface area (Å²) in [6, 6.07) is 11.4. The van der Waals surface area contributed by atoms with Crippen LogP contribution >= 0.6 is 0 Å². The van der Waals surface area contributed by atoms with Crippen LogP contribution in [0.4, 0.5) is 0 Å². The third kappa shape index (κ3) is 4.74. The summed E-state index contributed by atoms with van der Waals surface area (Å²) in [6.45, 7) is 3.24. The summed E-state index contributed by atoms with van der Waals surface area (Å²) in [5.41, 5.74) is 1.64. The van der Waals surface area contributed by atoms with Gasteiger partial charge in [-0.05, 0) is 49.6 Å². The number of carbonyl (C=O) groups is 2. The van der Waals surface area contributed by atoms with Crippen molar-refractivity contribution >= 4 is 11.8 Å². The highest BCUT2D eigenvalue weighted by atomic mass is 16.5. The van der Waals surface area contributed by atoms with Crippen molar-refractivity contribution in [3.63, 3.8) is 0 Å². The number of ether oxygens (including phenoxy) is 1. The first-order chi connectivity index (χ1) is 13.5. The molecule has 1 aliphatic rings. The van der Waals surface area contributed by atoms with Gasteiger partial charge in [-0.3, -0.25) is 9.59 Å². The predicted octanol–water partition coefficient (Wildman–Crippen LogP) is 3.08. The zero-order chi connectivity index (χ0) is 20.1. The molecule has 6 nitrogen and oxygen atoms in total. The van der Waals surface area contributed by atoms with Gasteiger partial charge in [-0.15, -0.1) is 0 Å². The summed E-state index contributed by atoms with van der Waals surface area (Å²) in [4.78, 5) is 29.7. The Balaban J connectivity index is 1.73. The van der Waals surface area contributed by atoms with Gasteiger partial charge in [-0.1, -0.05) is 13.0 Å². The summed E-state index contributed by atoms with van der Waals surface area (Å²) in [5, 5.41) is 0. The van der Waals surface area contributed by atoms with Crippen LogP contribution in [0.3, 0.4) is 0 Å². The molecule has 3 rings (SSSR count). The highest BCUT2D eigenvalue weighted by Gasteiger charge is 2.34. The molecule has 28 heavy (non-hydrogen) atoms. The molecule has 0 spiro atoms. The summed E-state index contributed by atoms with van der Waals surface area (Å²) in [7, 11) is 3.56. The Labute approximate surface area is 166 Å². The number of nitrogens with zero attached hydrogens (tertiary/aromatic N) is 3. The molecular weight excluding hydrogens is 354 g/mol. The zero-order valence-corrected chi connectivity index (χ0v) is 16.9. The van der Waals surface area contributed by atoms with Crippen LogP contribution in [-0.4, -0.2) is 52.4 Å². The molecule has 0 bridgehead atoms. The van der Waals surface area contributed by atoms with Crippen molar-refractivity contribution < 1.29 is 14.3 Å². The summed E-state index contributed by atoms with van der Waals surface area (Å²) in [6.07, 6.45) is 4.85. The lowest BCUT2D eigenvalue weighted by Gasteiger charge is -2.28. The molecule has 2 amide bonds. The molecule has 1 aromatic heterocycles. The van der Waals surface area contributed by atoms with Crippen molar-refractivity contribution in [2.75, 3.05) is 20.2 Å². The first-order valence-electron chi connectivity index (χ1n) is 9.86.